The van der Waals surface area contributed by atoms with Crippen molar-refractivity contribution in [2.75, 3.05) is 52.9 Å². The summed E-state index contributed by atoms with van der Waals surface area (Å²) in [6.07, 6.45) is 0. The van der Waals surface area contributed by atoms with E-state index in [2.05, 4.69) is 28.7 Å². The molecule has 0 saturated carbocycles. The molecule has 0 amide bonds. The topological polar surface area (TPSA) is 9.72 Å². The van der Waals surface area contributed by atoms with Gasteiger partial charge in [0.1, 0.15) is 0 Å². The molecule has 0 N–H and O–H groups in total. The van der Waals surface area contributed by atoms with Gasteiger partial charge in [0.25, 0.3) is 0 Å². The minimum Gasteiger partial charge on any atom is -0.304 e. The highest BCUT2D eigenvalue weighted by atomic mass is 15.3. The zero-order chi connectivity index (χ0) is 13.3. The predicted octanol–water partition coefficient (Wildman–Crippen LogP) is 1.99. The van der Waals surface area contributed by atoms with Crippen LogP contribution in [0.5, 0.6) is 0 Å². The number of likely N-dealkylation sites (N-methyl/N-ethyl adjacent to an activating group) is 2. The molecule has 0 atom stereocenters. The Balaban J connectivity index is 0.000000581. The van der Waals surface area contributed by atoms with E-state index in [9.17, 15) is 0 Å². The van der Waals surface area contributed by atoms with Crippen molar-refractivity contribution in [3.63, 3.8) is 0 Å². The number of likely N-dealkylation sites (tertiary alicyclic amines) is 1. The Morgan fingerprint density at radius 3 is 1.76 bits per heavy atom. The summed E-state index contributed by atoms with van der Waals surface area (Å²) < 4.78 is 0. The molecule has 2 aliphatic heterocycles. The van der Waals surface area contributed by atoms with Crippen molar-refractivity contribution in [3.8, 4) is 0 Å². The largest absolute Gasteiger partial charge is 0.304 e. The lowest BCUT2D eigenvalue weighted by molar-refractivity contribution is 0.0125. The molecule has 0 aromatic rings. The maximum Gasteiger partial charge on any atom is 0.0351 e. The molecule has 0 aromatic heterocycles. The standard InChI is InChI=1S/C10H21N3.2C2H6/c1-3-12-8-10(9-12)13-6-4-11(2)5-7-13;2*1-2/h10H,3-9H2,1-2H3;2*1-2H3. The van der Waals surface area contributed by atoms with E-state index >= 15 is 0 Å². The Hall–Kier alpha value is -0.120. The summed E-state index contributed by atoms with van der Waals surface area (Å²) in [7, 11) is 2.22. The fourth-order valence-corrected chi connectivity index (χ4v) is 2.22. The molecular weight excluding hydrogens is 210 g/mol. The Morgan fingerprint density at radius 1 is 0.882 bits per heavy atom. The molecule has 104 valence electrons. The molecule has 0 aliphatic carbocycles. The molecule has 3 nitrogen and oxygen atoms in total. The first-order chi connectivity index (χ1) is 8.29. The zero-order valence-corrected chi connectivity index (χ0v) is 12.9. The fraction of sp³-hybridized carbons (Fsp3) is 1.00. The van der Waals surface area contributed by atoms with Crippen molar-refractivity contribution in [1.82, 2.24) is 14.7 Å². The van der Waals surface area contributed by atoms with Gasteiger partial charge in [-0.15, -0.1) is 0 Å². The van der Waals surface area contributed by atoms with Gasteiger partial charge in [0, 0.05) is 45.3 Å². The zero-order valence-electron chi connectivity index (χ0n) is 12.9. The number of hydrogen-bond donors (Lipinski definition) is 0. The highest BCUT2D eigenvalue weighted by Crippen LogP contribution is 2.15. The van der Waals surface area contributed by atoms with Gasteiger partial charge >= 0.3 is 0 Å². The van der Waals surface area contributed by atoms with Crippen molar-refractivity contribution < 1.29 is 0 Å². The summed E-state index contributed by atoms with van der Waals surface area (Å²) in [5, 5.41) is 0. The lowest BCUT2D eigenvalue weighted by Crippen LogP contribution is -2.62. The molecule has 2 aliphatic rings. The Morgan fingerprint density at radius 2 is 1.35 bits per heavy atom. The molecule has 17 heavy (non-hydrogen) atoms. The summed E-state index contributed by atoms with van der Waals surface area (Å²) in [6.45, 7) is 19.1. The van der Waals surface area contributed by atoms with E-state index in [1.165, 1.54) is 45.8 Å². The molecule has 3 heteroatoms. The van der Waals surface area contributed by atoms with Crippen LogP contribution in [-0.4, -0.2) is 73.6 Å². The second kappa shape index (κ2) is 9.86. The minimum atomic E-state index is 0.869. The normalized spacial score (nSPS) is 22.9. The van der Waals surface area contributed by atoms with Crippen molar-refractivity contribution in [2.45, 2.75) is 40.7 Å². The van der Waals surface area contributed by atoms with Crippen molar-refractivity contribution in [2.24, 2.45) is 0 Å². The summed E-state index contributed by atoms with van der Waals surface area (Å²) in [5.41, 5.74) is 0. The monoisotopic (exact) mass is 243 g/mol. The maximum atomic E-state index is 2.66. The fourth-order valence-electron chi connectivity index (χ4n) is 2.22. The Bertz CT molecular complexity index is 159. The molecule has 0 bridgehead atoms. The smallest absolute Gasteiger partial charge is 0.0351 e. The number of rotatable bonds is 2. The highest BCUT2D eigenvalue weighted by molar-refractivity contribution is 4.89. The summed E-state index contributed by atoms with van der Waals surface area (Å²) >= 11 is 0. The predicted molar refractivity (Wildman–Crippen MR) is 77.7 cm³/mol. The molecule has 2 rings (SSSR count). The minimum absolute atomic E-state index is 0.869. The maximum absolute atomic E-state index is 2.66. The van der Waals surface area contributed by atoms with E-state index in [1.54, 1.807) is 0 Å². The van der Waals surface area contributed by atoms with Crippen LogP contribution >= 0.6 is 0 Å². The van der Waals surface area contributed by atoms with E-state index < -0.39 is 0 Å². The van der Waals surface area contributed by atoms with Crippen LogP contribution < -0.4 is 0 Å². The molecule has 0 spiro atoms. The molecule has 0 radical (unpaired) electrons. The highest BCUT2D eigenvalue weighted by Gasteiger charge is 2.31. The van der Waals surface area contributed by atoms with Gasteiger partial charge in [0.05, 0.1) is 0 Å². The second-order valence-corrected chi connectivity index (χ2v) is 4.35. The van der Waals surface area contributed by atoms with Gasteiger partial charge in [-0.1, -0.05) is 34.6 Å². The number of nitrogens with zero attached hydrogens (tertiary/aromatic N) is 3. The lowest BCUT2D eigenvalue weighted by atomic mass is 10.1. The first kappa shape index (κ1) is 16.9. The van der Waals surface area contributed by atoms with Gasteiger partial charge in [-0.2, -0.15) is 0 Å². The summed E-state index contributed by atoms with van der Waals surface area (Å²) in [5.74, 6) is 0. The van der Waals surface area contributed by atoms with Crippen LogP contribution in [0.3, 0.4) is 0 Å². The SMILES string of the molecule is CC.CC.CCN1CC(N2CCN(C)CC2)C1. The average molecular weight is 243 g/mol. The van der Waals surface area contributed by atoms with E-state index in [-0.39, 0.29) is 0 Å². The van der Waals surface area contributed by atoms with E-state index in [1.807, 2.05) is 27.7 Å². The molecule has 2 fully saturated rings. The molecule has 0 unspecified atom stereocenters. The van der Waals surface area contributed by atoms with Crippen LogP contribution in [0.25, 0.3) is 0 Å². The molecule has 0 aromatic carbocycles. The van der Waals surface area contributed by atoms with Gasteiger partial charge in [-0.25, -0.2) is 0 Å². The molecular formula is C14H33N3. The van der Waals surface area contributed by atoms with Crippen LogP contribution in [0, 0.1) is 0 Å². The molecule has 2 heterocycles. The van der Waals surface area contributed by atoms with Gasteiger partial charge in [0.15, 0.2) is 0 Å². The first-order valence-electron chi connectivity index (χ1n) is 7.44. The van der Waals surface area contributed by atoms with Crippen molar-refractivity contribution in [1.29, 1.82) is 0 Å². The Labute approximate surface area is 109 Å². The third-order valence-electron chi connectivity index (χ3n) is 3.44. The van der Waals surface area contributed by atoms with Crippen molar-refractivity contribution >= 4 is 0 Å². The summed E-state index contributed by atoms with van der Waals surface area (Å²) in [6, 6.07) is 0.869. The van der Waals surface area contributed by atoms with Gasteiger partial charge in [0.2, 0.25) is 0 Å². The number of piperazine rings is 1. The van der Waals surface area contributed by atoms with Crippen molar-refractivity contribution in [3.05, 3.63) is 0 Å². The van der Waals surface area contributed by atoms with Crippen LogP contribution in [-0.2, 0) is 0 Å². The second-order valence-electron chi connectivity index (χ2n) is 4.35. The van der Waals surface area contributed by atoms with Crippen LogP contribution in [0.15, 0.2) is 0 Å². The quantitative estimate of drug-likeness (QED) is 0.734. The van der Waals surface area contributed by atoms with Crippen LogP contribution in [0.4, 0.5) is 0 Å². The van der Waals surface area contributed by atoms with Crippen LogP contribution in [0.2, 0.25) is 0 Å². The Kier molecular flexibility index (Phi) is 9.79. The third-order valence-corrected chi connectivity index (χ3v) is 3.44. The van der Waals surface area contributed by atoms with Gasteiger partial charge < -0.3 is 9.80 Å². The molecule has 2 saturated heterocycles. The van der Waals surface area contributed by atoms with Gasteiger partial charge in [-0.3, -0.25) is 4.90 Å². The van der Waals surface area contributed by atoms with Crippen LogP contribution in [0.1, 0.15) is 34.6 Å². The van der Waals surface area contributed by atoms with Gasteiger partial charge in [-0.05, 0) is 13.6 Å². The average Bonchev–Trinajstić information content (AvgIpc) is 2.35. The van der Waals surface area contributed by atoms with E-state index in [0.29, 0.717) is 0 Å². The number of hydrogen-bond acceptors (Lipinski definition) is 3. The lowest BCUT2D eigenvalue weighted by Gasteiger charge is -2.47. The first-order valence-corrected chi connectivity index (χ1v) is 7.44. The summed E-state index contributed by atoms with van der Waals surface area (Å²) in [4.78, 5) is 7.60. The third kappa shape index (κ3) is 5.36. The van der Waals surface area contributed by atoms with E-state index in [0.717, 1.165) is 6.04 Å². The van der Waals surface area contributed by atoms with E-state index in [4.69, 9.17) is 0 Å².